The summed E-state index contributed by atoms with van der Waals surface area (Å²) in [5.74, 6) is 0.521. The van der Waals surface area contributed by atoms with E-state index in [0.29, 0.717) is 44.9 Å². The molecule has 2 aliphatic heterocycles. The van der Waals surface area contributed by atoms with Crippen LogP contribution in [0.15, 0.2) is 18.2 Å². The molecule has 1 aromatic rings. The fourth-order valence-corrected chi connectivity index (χ4v) is 5.19. The molecule has 8 nitrogen and oxygen atoms in total. The second-order valence-electron chi connectivity index (χ2n) is 10.2. The van der Waals surface area contributed by atoms with Gasteiger partial charge in [0.05, 0.1) is 6.26 Å². The largest absolute Gasteiger partial charge is 0.444 e. The molecule has 1 fully saturated rings. The Morgan fingerprint density at radius 3 is 2.45 bits per heavy atom. The van der Waals surface area contributed by atoms with Gasteiger partial charge in [0, 0.05) is 38.3 Å². The van der Waals surface area contributed by atoms with E-state index in [0.717, 1.165) is 42.5 Å². The van der Waals surface area contributed by atoms with Gasteiger partial charge in [0.15, 0.2) is 0 Å². The van der Waals surface area contributed by atoms with Crippen LogP contribution >= 0.6 is 0 Å². The minimum Gasteiger partial charge on any atom is -0.444 e. The molecule has 1 N–H and O–H groups in total. The highest BCUT2D eigenvalue weighted by atomic mass is 32.2. The third-order valence-electron chi connectivity index (χ3n) is 6.22. The zero-order valence-electron chi connectivity index (χ0n) is 20.2. The Labute approximate surface area is 197 Å². The van der Waals surface area contributed by atoms with E-state index in [1.165, 1.54) is 10.6 Å². The molecule has 0 unspecified atom stereocenters. The molecule has 2 amide bonds. The van der Waals surface area contributed by atoms with Gasteiger partial charge in [0.1, 0.15) is 5.60 Å². The Hall–Kier alpha value is -2.13. The molecule has 0 radical (unpaired) electrons. The van der Waals surface area contributed by atoms with Crippen LogP contribution in [-0.2, 0) is 32.5 Å². The molecule has 33 heavy (non-hydrogen) atoms. The van der Waals surface area contributed by atoms with Crippen molar-refractivity contribution in [2.45, 2.75) is 71.4 Å². The quantitative estimate of drug-likeness (QED) is 0.670. The molecule has 0 atom stereocenters. The lowest BCUT2D eigenvalue weighted by molar-refractivity contribution is -0.116. The van der Waals surface area contributed by atoms with E-state index in [4.69, 9.17) is 4.74 Å². The highest BCUT2D eigenvalue weighted by Gasteiger charge is 2.27. The van der Waals surface area contributed by atoms with Gasteiger partial charge in [0.2, 0.25) is 15.9 Å². The van der Waals surface area contributed by atoms with E-state index < -0.39 is 15.6 Å². The molecule has 1 saturated heterocycles. The van der Waals surface area contributed by atoms with Crippen molar-refractivity contribution in [2.75, 3.05) is 31.2 Å². The van der Waals surface area contributed by atoms with E-state index in [1.54, 1.807) is 4.90 Å². The van der Waals surface area contributed by atoms with Crippen molar-refractivity contribution in [2.24, 2.45) is 5.92 Å². The molecule has 3 rings (SSSR count). The first kappa shape index (κ1) is 25.5. The Bertz CT molecular complexity index is 963. The molecule has 0 aliphatic carbocycles. The summed E-state index contributed by atoms with van der Waals surface area (Å²) in [7, 11) is -3.19. The standard InChI is InChI=1S/C24H37N3O5S/c1-24(2,3)32-23(29)26-13-10-18(11-14-26)6-5-7-22(28)25-21-9-8-20-17-27(33(4,30)31)15-12-19(20)16-21/h8-9,16,18H,5-7,10-15,17H2,1-4H3,(H,25,28). The van der Waals surface area contributed by atoms with Gasteiger partial charge in [-0.3, -0.25) is 4.79 Å². The topological polar surface area (TPSA) is 96.0 Å². The summed E-state index contributed by atoms with van der Waals surface area (Å²) in [6, 6.07) is 5.70. The summed E-state index contributed by atoms with van der Waals surface area (Å²) in [6.45, 7) is 7.89. The number of hydrogen-bond donors (Lipinski definition) is 1. The number of benzene rings is 1. The SMILES string of the molecule is CC(C)(C)OC(=O)N1CCC(CCCC(=O)Nc2ccc3c(c2)CCN(S(C)(=O)=O)C3)CC1. The van der Waals surface area contributed by atoms with Crippen molar-refractivity contribution in [3.05, 3.63) is 29.3 Å². The van der Waals surface area contributed by atoms with Crippen LogP contribution in [0.4, 0.5) is 10.5 Å². The summed E-state index contributed by atoms with van der Waals surface area (Å²) >= 11 is 0. The van der Waals surface area contributed by atoms with Gasteiger partial charge in [-0.15, -0.1) is 0 Å². The Kier molecular flexibility index (Phi) is 8.05. The van der Waals surface area contributed by atoms with Crippen LogP contribution in [0.25, 0.3) is 0 Å². The lowest BCUT2D eigenvalue weighted by Crippen LogP contribution is -2.41. The summed E-state index contributed by atoms with van der Waals surface area (Å²) in [5.41, 5.74) is 2.36. The molecule has 2 heterocycles. The molecule has 9 heteroatoms. The zero-order chi connectivity index (χ0) is 24.2. The molecular weight excluding hydrogens is 442 g/mol. The van der Waals surface area contributed by atoms with Crippen molar-refractivity contribution in [1.29, 1.82) is 0 Å². The number of nitrogens with zero attached hydrogens (tertiary/aromatic N) is 2. The Morgan fingerprint density at radius 1 is 1.12 bits per heavy atom. The van der Waals surface area contributed by atoms with Crippen LogP contribution in [0.1, 0.15) is 64.0 Å². The van der Waals surface area contributed by atoms with Crippen LogP contribution in [0, 0.1) is 5.92 Å². The van der Waals surface area contributed by atoms with Crippen molar-refractivity contribution < 1.29 is 22.7 Å². The van der Waals surface area contributed by atoms with Gasteiger partial charge in [0.25, 0.3) is 0 Å². The maximum Gasteiger partial charge on any atom is 0.410 e. The Balaban J connectivity index is 1.38. The number of amides is 2. The number of ether oxygens (including phenoxy) is 1. The fourth-order valence-electron chi connectivity index (χ4n) is 4.39. The lowest BCUT2D eigenvalue weighted by atomic mass is 9.91. The zero-order valence-corrected chi connectivity index (χ0v) is 21.0. The average molecular weight is 480 g/mol. The number of nitrogens with one attached hydrogen (secondary N) is 1. The van der Waals surface area contributed by atoms with Gasteiger partial charge in [-0.1, -0.05) is 6.07 Å². The minimum atomic E-state index is -3.19. The predicted molar refractivity (Wildman–Crippen MR) is 128 cm³/mol. The molecule has 2 aliphatic rings. The number of piperidine rings is 1. The van der Waals surface area contributed by atoms with Crippen LogP contribution in [0.2, 0.25) is 0 Å². The molecule has 1 aromatic carbocycles. The van der Waals surface area contributed by atoms with Gasteiger partial charge in [-0.2, -0.15) is 4.31 Å². The van der Waals surface area contributed by atoms with E-state index in [-0.39, 0.29) is 12.0 Å². The number of hydrogen-bond acceptors (Lipinski definition) is 5. The number of carbonyl (C=O) groups excluding carboxylic acids is 2. The Morgan fingerprint density at radius 2 is 1.82 bits per heavy atom. The fraction of sp³-hybridized carbons (Fsp3) is 0.667. The lowest BCUT2D eigenvalue weighted by Gasteiger charge is -2.33. The van der Waals surface area contributed by atoms with Gasteiger partial charge in [-0.25, -0.2) is 13.2 Å². The van der Waals surface area contributed by atoms with E-state index in [2.05, 4.69) is 5.32 Å². The molecule has 0 bridgehead atoms. The molecular formula is C24H37N3O5S. The summed E-state index contributed by atoms with van der Waals surface area (Å²) < 4.78 is 30.4. The first-order valence-corrected chi connectivity index (χ1v) is 13.6. The van der Waals surface area contributed by atoms with Crippen LogP contribution in [0.5, 0.6) is 0 Å². The number of likely N-dealkylation sites (tertiary alicyclic amines) is 1. The summed E-state index contributed by atoms with van der Waals surface area (Å²) in [4.78, 5) is 26.4. The van der Waals surface area contributed by atoms with Crippen molar-refractivity contribution in [3.63, 3.8) is 0 Å². The number of anilines is 1. The monoisotopic (exact) mass is 479 g/mol. The third-order valence-corrected chi connectivity index (χ3v) is 7.47. The molecule has 0 aromatic heterocycles. The first-order valence-electron chi connectivity index (χ1n) is 11.8. The molecule has 184 valence electrons. The van der Waals surface area contributed by atoms with E-state index >= 15 is 0 Å². The first-order chi connectivity index (χ1) is 15.4. The smallest absolute Gasteiger partial charge is 0.410 e. The van der Waals surface area contributed by atoms with Gasteiger partial charge in [-0.05, 0) is 82.1 Å². The second kappa shape index (κ2) is 10.4. The van der Waals surface area contributed by atoms with E-state index in [9.17, 15) is 18.0 Å². The van der Waals surface area contributed by atoms with Crippen molar-refractivity contribution in [3.8, 4) is 0 Å². The molecule has 0 spiro atoms. The van der Waals surface area contributed by atoms with Crippen LogP contribution in [-0.4, -0.2) is 61.1 Å². The number of sulfonamides is 1. The van der Waals surface area contributed by atoms with Crippen LogP contribution in [0.3, 0.4) is 0 Å². The van der Waals surface area contributed by atoms with Crippen molar-refractivity contribution >= 4 is 27.7 Å². The van der Waals surface area contributed by atoms with Crippen LogP contribution < -0.4 is 5.32 Å². The maximum atomic E-state index is 12.4. The predicted octanol–water partition coefficient (Wildman–Crippen LogP) is 3.76. The highest BCUT2D eigenvalue weighted by molar-refractivity contribution is 7.88. The number of fused-ring (bicyclic) bond motifs is 1. The second-order valence-corrected chi connectivity index (χ2v) is 12.2. The molecule has 0 saturated carbocycles. The van der Waals surface area contributed by atoms with Crippen molar-refractivity contribution in [1.82, 2.24) is 9.21 Å². The van der Waals surface area contributed by atoms with Gasteiger partial charge < -0.3 is 15.0 Å². The summed E-state index contributed by atoms with van der Waals surface area (Å²) in [5, 5.41) is 2.97. The highest BCUT2D eigenvalue weighted by Crippen LogP contribution is 2.26. The average Bonchev–Trinajstić information content (AvgIpc) is 2.72. The minimum absolute atomic E-state index is 0.00490. The maximum absolute atomic E-state index is 12.4. The van der Waals surface area contributed by atoms with E-state index in [1.807, 2.05) is 39.0 Å². The summed E-state index contributed by atoms with van der Waals surface area (Å²) in [6.07, 6.45) is 5.77. The number of rotatable bonds is 6. The number of carbonyl (C=O) groups is 2. The van der Waals surface area contributed by atoms with Gasteiger partial charge >= 0.3 is 6.09 Å². The third kappa shape index (κ3) is 7.71. The normalized spacial score (nSPS) is 18.0.